The minimum atomic E-state index is -1.29. The van der Waals surface area contributed by atoms with E-state index in [9.17, 15) is 24.0 Å². The number of aldehydes is 1. The Labute approximate surface area is 304 Å². The summed E-state index contributed by atoms with van der Waals surface area (Å²) in [4.78, 5) is 66.4. The molecular weight excluding hydrogens is 678 g/mol. The number of Topliss-reactive ketones (excluding diaryl/α,β-unsaturated/α-hetero) is 1. The predicted molar refractivity (Wildman–Crippen MR) is 195 cm³/mol. The van der Waals surface area contributed by atoms with Crippen molar-refractivity contribution in [2.75, 3.05) is 43.3 Å². The van der Waals surface area contributed by atoms with E-state index in [1.807, 2.05) is 74.4 Å². The molecule has 53 heavy (non-hydrogen) atoms. The molecule has 0 unspecified atom stereocenters. The predicted octanol–water partition coefficient (Wildman–Crippen LogP) is 4.49. The Hall–Kier alpha value is -6.83. The van der Waals surface area contributed by atoms with E-state index in [4.69, 9.17) is 9.47 Å². The molecule has 2 N–H and O–H groups in total. The molecule has 0 saturated heterocycles. The van der Waals surface area contributed by atoms with E-state index in [1.54, 1.807) is 31.2 Å². The van der Waals surface area contributed by atoms with Crippen LogP contribution in [0.25, 0.3) is 0 Å². The molecule has 5 aromatic rings. The lowest BCUT2D eigenvalue weighted by Crippen LogP contribution is -2.33. The maximum atomic E-state index is 13.7. The molecule has 268 valence electrons. The van der Waals surface area contributed by atoms with Crippen LogP contribution in [0.15, 0.2) is 85.1 Å². The first-order valence-corrected chi connectivity index (χ1v) is 16.7. The summed E-state index contributed by atoms with van der Waals surface area (Å²) in [5.74, 6) is -1.04. The molecular formula is C39H35N7O7. The standard InChI is InChI=1S/C39H35N7O7/c1-22(36(49)41-25-8-6-7-23(15-25)33(48)21-47)46-20-26(42-43-46)19-40-37(50)24-9-12-30-29(16-24)38(51)53-39(30)31-13-10-27(44(2)3)17-34(31)52-35-18-28(45(4)5)11-14-32(35)39/h6-18,20-22H,19H2,1-5H3,(H,40,50)(H,41,49)/t22-/m1/s1. The van der Waals surface area contributed by atoms with Gasteiger partial charge in [0.15, 0.2) is 11.9 Å². The number of carbonyl (C=O) groups excluding carboxylic acids is 5. The molecule has 14 heteroatoms. The number of rotatable bonds is 10. The molecule has 1 atom stereocenters. The van der Waals surface area contributed by atoms with Gasteiger partial charge in [-0.2, -0.15) is 0 Å². The maximum Gasteiger partial charge on any atom is 0.340 e. The molecule has 2 aliphatic rings. The lowest BCUT2D eigenvalue weighted by molar-refractivity contribution is -0.119. The van der Waals surface area contributed by atoms with E-state index in [0.29, 0.717) is 39.6 Å². The number of amides is 2. The van der Waals surface area contributed by atoms with Crippen LogP contribution in [-0.4, -0.2) is 73.0 Å². The SMILES string of the molecule is C[C@H](C(=O)Nc1cccc(C(=O)C=O)c1)n1cc(CNC(=O)c2ccc3c(c2)C(=O)OC32c3ccc(N(C)C)cc3Oc3cc(N(C)C)ccc32)nn1. The molecule has 1 aromatic heterocycles. The summed E-state index contributed by atoms with van der Waals surface area (Å²) in [5, 5.41) is 13.6. The highest BCUT2D eigenvalue weighted by Crippen LogP contribution is 2.57. The number of esters is 1. The summed E-state index contributed by atoms with van der Waals surface area (Å²) in [7, 11) is 7.74. The zero-order chi connectivity index (χ0) is 37.6. The fourth-order valence-electron chi connectivity index (χ4n) is 6.44. The summed E-state index contributed by atoms with van der Waals surface area (Å²) in [5.41, 5.74) is 3.86. The molecule has 1 spiro atoms. The molecule has 4 aromatic carbocycles. The normalized spacial score (nSPS) is 13.8. The Balaban J connectivity index is 1.10. The quantitative estimate of drug-likeness (QED) is 0.0907. The third kappa shape index (κ3) is 6.13. The van der Waals surface area contributed by atoms with E-state index < -0.39 is 35.2 Å². The number of ketones is 1. The zero-order valence-electron chi connectivity index (χ0n) is 29.5. The number of aromatic nitrogens is 3. The molecule has 0 aliphatic carbocycles. The van der Waals surface area contributed by atoms with Crippen molar-refractivity contribution in [3.05, 3.63) is 124 Å². The number of hydrogen-bond acceptors (Lipinski definition) is 11. The van der Waals surface area contributed by atoms with Gasteiger partial charge in [0.1, 0.15) is 23.2 Å². The van der Waals surface area contributed by atoms with Crippen LogP contribution in [0.3, 0.4) is 0 Å². The third-order valence-corrected chi connectivity index (χ3v) is 9.35. The van der Waals surface area contributed by atoms with Gasteiger partial charge in [-0.15, -0.1) is 5.10 Å². The van der Waals surface area contributed by atoms with E-state index in [1.165, 1.54) is 29.1 Å². The van der Waals surface area contributed by atoms with Crippen molar-refractivity contribution >= 4 is 46.9 Å². The fourth-order valence-corrected chi connectivity index (χ4v) is 6.44. The van der Waals surface area contributed by atoms with Gasteiger partial charge in [-0.05, 0) is 55.5 Å². The minimum absolute atomic E-state index is 0.00496. The van der Waals surface area contributed by atoms with Crippen LogP contribution >= 0.6 is 0 Å². The highest BCUT2D eigenvalue weighted by Gasteiger charge is 2.53. The van der Waals surface area contributed by atoms with Gasteiger partial charge in [0.05, 0.1) is 18.3 Å². The number of benzene rings is 4. The van der Waals surface area contributed by atoms with Crippen molar-refractivity contribution in [1.82, 2.24) is 20.3 Å². The highest BCUT2D eigenvalue weighted by molar-refractivity contribution is 6.33. The van der Waals surface area contributed by atoms with Crippen molar-refractivity contribution < 1.29 is 33.4 Å². The van der Waals surface area contributed by atoms with E-state index in [2.05, 4.69) is 20.9 Å². The number of ether oxygens (including phenoxy) is 2. The number of anilines is 3. The van der Waals surface area contributed by atoms with Gasteiger partial charge in [-0.1, -0.05) is 23.4 Å². The largest absolute Gasteiger partial charge is 0.456 e. The lowest BCUT2D eigenvalue weighted by atomic mass is 9.77. The number of hydrogen-bond donors (Lipinski definition) is 2. The van der Waals surface area contributed by atoms with Gasteiger partial charge in [0.2, 0.25) is 11.7 Å². The second kappa shape index (κ2) is 13.4. The fraction of sp³-hybridized carbons (Fsp3) is 0.205. The molecule has 0 bridgehead atoms. The average molecular weight is 714 g/mol. The summed E-state index contributed by atoms with van der Waals surface area (Å²) in [6, 6.07) is 21.7. The Morgan fingerprint density at radius 3 is 2.17 bits per heavy atom. The maximum absolute atomic E-state index is 13.7. The van der Waals surface area contributed by atoms with Crippen LogP contribution in [0, 0.1) is 0 Å². The topological polar surface area (TPSA) is 165 Å². The van der Waals surface area contributed by atoms with Crippen LogP contribution in [-0.2, 0) is 26.5 Å². The highest BCUT2D eigenvalue weighted by atomic mass is 16.6. The number of fused-ring (bicyclic) bond motifs is 6. The van der Waals surface area contributed by atoms with Crippen LogP contribution in [0.4, 0.5) is 17.1 Å². The molecule has 0 radical (unpaired) electrons. The van der Waals surface area contributed by atoms with Crippen LogP contribution < -0.4 is 25.2 Å². The average Bonchev–Trinajstić information content (AvgIpc) is 3.75. The summed E-state index contributed by atoms with van der Waals surface area (Å²) >= 11 is 0. The monoisotopic (exact) mass is 713 g/mol. The molecule has 2 amide bonds. The van der Waals surface area contributed by atoms with E-state index >= 15 is 0 Å². The lowest BCUT2D eigenvalue weighted by Gasteiger charge is -2.37. The minimum Gasteiger partial charge on any atom is -0.456 e. The smallest absolute Gasteiger partial charge is 0.340 e. The number of nitrogens with one attached hydrogen (secondary N) is 2. The molecule has 7 rings (SSSR count). The molecule has 0 saturated carbocycles. The van der Waals surface area contributed by atoms with Gasteiger partial charge < -0.3 is 29.9 Å². The Kier molecular flexibility index (Phi) is 8.73. The molecule has 0 fully saturated rings. The summed E-state index contributed by atoms with van der Waals surface area (Å²) in [6.45, 7) is 1.61. The van der Waals surface area contributed by atoms with Gasteiger partial charge in [-0.3, -0.25) is 19.2 Å². The van der Waals surface area contributed by atoms with E-state index in [-0.39, 0.29) is 29.5 Å². The summed E-state index contributed by atoms with van der Waals surface area (Å²) < 4.78 is 14.1. The molecule has 14 nitrogen and oxygen atoms in total. The Bertz CT molecular complexity index is 2270. The third-order valence-electron chi connectivity index (χ3n) is 9.35. The second-order valence-electron chi connectivity index (χ2n) is 13.2. The van der Waals surface area contributed by atoms with Crippen LogP contribution in [0.5, 0.6) is 11.5 Å². The second-order valence-corrected chi connectivity index (χ2v) is 13.2. The molecule has 2 aliphatic heterocycles. The first kappa shape index (κ1) is 34.6. The molecule has 3 heterocycles. The first-order chi connectivity index (χ1) is 25.4. The van der Waals surface area contributed by atoms with Gasteiger partial charge in [-0.25, -0.2) is 9.48 Å². The Morgan fingerprint density at radius 1 is 0.868 bits per heavy atom. The Morgan fingerprint density at radius 2 is 1.53 bits per heavy atom. The zero-order valence-corrected chi connectivity index (χ0v) is 29.5. The number of nitrogens with zero attached hydrogens (tertiary/aromatic N) is 5. The number of carbonyl (C=O) groups is 5. The van der Waals surface area contributed by atoms with Crippen LogP contribution in [0.2, 0.25) is 0 Å². The van der Waals surface area contributed by atoms with Crippen molar-refractivity contribution in [2.45, 2.75) is 25.1 Å². The first-order valence-electron chi connectivity index (χ1n) is 16.7. The van der Waals surface area contributed by atoms with Gasteiger partial charge in [0, 0.05) is 85.2 Å². The summed E-state index contributed by atoms with van der Waals surface area (Å²) in [6.07, 6.45) is 1.74. The van der Waals surface area contributed by atoms with Gasteiger partial charge in [0.25, 0.3) is 5.91 Å². The van der Waals surface area contributed by atoms with Gasteiger partial charge >= 0.3 is 5.97 Å². The van der Waals surface area contributed by atoms with Crippen molar-refractivity contribution in [1.29, 1.82) is 0 Å². The van der Waals surface area contributed by atoms with Crippen molar-refractivity contribution in [2.24, 2.45) is 0 Å². The van der Waals surface area contributed by atoms with Crippen molar-refractivity contribution in [3.8, 4) is 11.5 Å². The van der Waals surface area contributed by atoms with Crippen molar-refractivity contribution in [3.63, 3.8) is 0 Å². The van der Waals surface area contributed by atoms with E-state index in [0.717, 1.165) is 11.4 Å². The van der Waals surface area contributed by atoms with Crippen LogP contribution in [0.1, 0.15) is 66.4 Å².